The van der Waals surface area contributed by atoms with Crippen molar-refractivity contribution in [1.29, 1.82) is 0 Å². The lowest BCUT2D eigenvalue weighted by Crippen LogP contribution is -2.24. The Hall–Kier alpha value is -1.28. The number of carbonyl (C=O) groups is 1. The second kappa shape index (κ2) is 6.05. The Labute approximate surface area is 114 Å². The van der Waals surface area contributed by atoms with E-state index in [0.717, 1.165) is 0 Å². The highest BCUT2D eigenvalue weighted by Gasteiger charge is 2.18. The van der Waals surface area contributed by atoms with E-state index in [1.807, 2.05) is 0 Å². The van der Waals surface area contributed by atoms with E-state index in [1.165, 1.54) is 6.07 Å². The molecule has 0 fully saturated rings. The predicted molar refractivity (Wildman–Crippen MR) is 72.6 cm³/mol. The molecule has 0 saturated carbocycles. The Morgan fingerprint density at radius 2 is 2.17 bits per heavy atom. The van der Waals surface area contributed by atoms with E-state index in [-0.39, 0.29) is 6.61 Å². The molecule has 3 N–H and O–H groups in total. The van der Waals surface area contributed by atoms with Crippen LogP contribution in [0.3, 0.4) is 0 Å². The lowest BCUT2D eigenvalue weighted by molar-refractivity contribution is -0.139. The number of hydrogen-bond acceptors (Lipinski definition) is 5. The molecule has 1 aromatic rings. The molecule has 0 radical (unpaired) electrons. The van der Waals surface area contributed by atoms with Crippen LogP contribution in [-0.2, 0) is 19.6 Å². The number of esters is 1. The monoisotopic (exact) mass is 336 g/mol. The van der Waals surface area contributed by atoms with Crippen LogP contribution in [0.1, 0.15) is 6.92 Å². The zero-order chi connectivity index (χ0) is 13.8. The molecule has 0 aliphatic rings. The molecule has 100 valence electrons. The number of benzene rings is 1. The molecule has 18 heavy (non-hydrogen) atoms. The SMILES string of the molecule is CCOC(=O)CS(=O)(=O)Nc1ccc(N)cc1Br. The Morgan fingerprint density at radius 1 is 1.50 bits per heavy atom. The molecule has 0 heterocycles. The van der Waals surface area contributed by atoms with Crippen LogP contribution in [0.25, 0.3) is 0 Å². The smallest absolute Gasteiger partial charge is 0.323 e. The Bertz CT molecular complexity index is 545. The summed E-state index contributed by atoms with van der Waals surface area (Å²) in [4.78, 5) is 11.1. The summed E-state index contributed by atoms with van der Waals surface area (Å²) in [5.41, 5.74) is 6.34. The lowest BCUT2D eigenvalue weighted by atomic mass is 10.3. The van der Waals surface area contributed by atoms with Gasteiger partial charge in [-0.25, -0.2) is 8.42 Å². The number of sulfonamides is 1. The number of carbonyl (C=O) groups excluding carboxylic acids is 1. The number of nitrogen functional groups attached to an aromatic ring is 1. The van der Waals surface area contributed by atoms with Crippen LogP contribution in [0.4, 0.5) is 11.4 Å². The molecule has 0 unspecified atom stereocenters. The van der Waals surface area contributed by atoms with Gasteiger partial charge >= 0.3 is 5.97 Å². The Balaban J connectivity index is 2.79. The minimum atomic E-state index is -3.79. The molecule has 0 saturated heterocycles. The molecule has 1 rings (SSSR count). The van der Waals surface area contributed by atoms with Gasteiger partial charge in [0.25, 0.3) is 0 Å². The largest absolute Gasteiger partial charge is 0.465 e. The van der Waals surface area contributed by atoms with Crippen LogP contribution in [0, 0.1) is 0 Å². The first-order valence-electron chi connectivity index (χ1n) is 5.05. The average Bonchev–Trinajstić information content (AvgIpc) is 2.21. The van der Waals surface area contributed by atoms with Crippen molar-refractivity contribution in [1.82, 2.24) is 0 Å². The third-order valence-electron chi connectivity index (χ3n) is 1.87. The van der Waals surface area contributed by atoms with Crippen LogP contribution in [-0.4, -0.2) is 26.7 Å². The van der Waals surface area contributed by atoms with Crippen LogP contribution in [0.2, 0.25) is 0 Å². The summed E-state index contributed by atoms with van der Waals surface area (Å²) in [6.45, 7) is 1.74. The summed E-state index contributed by atoms with van der Waals surface area (Å²) in [5, 5.41) is 0. The van der Waals surface area contributed by atoms with E-state index < -0.39 is 21.7 Å². The third kappa shape index (κ3) is 4.53. The Kier molecular flexibility index (Phi) is 4.97. The van der Waals surface area contributed by atoms with Gasteiger partial charge in [-0.15, -0.1) is 0 Å². The molecule has 0 aliphatic carbocycles. The van der Waals surface area contributed by atoms with Gasteiger partial charge in [-0.2, -0.15) is 0 Å². The summed E-state index contributed by atoms with van der Waals surface area (Å²) in [5.74, 6) is -1.52. The van der Waals surface area contributed by atoms with Gasteiger partial charge in [-0.05, 0) is 41.1 Å². The maximum absolute atomic E-state index is 11.7. The van der Waals surface area contributed by atoms with Crippen LogP contribution in [0.15, 0.2) is 22.7 Å². The number of nitrogens with one attached hydrogen (secondary N) is 1. The second-order valence-electron chi connectivity index (χ2n) is 3.41. The van der Waals surface area contributed by atoms with E-state index in [4.69, 9.17) is 5.73 Å². The number of nitrogens with two attached hydrogens (primary N) is 1. The van der Waals surface area contributed by atoms with Crippen molar-refractivity contribution in [3.63, 3.8) is 0 Å². The number of halogens is 1. The molecular weight excluding hydrogens is 324 g/mol. The fraction of sp³-hybridized carbons (Fsp3) is 0.300. The molecule has 0 aromatic heterocycles. The quantitative estimate of drug-likeness (QED) is 0.624. The molecule has 6 nitrogen and oxygen atoms in total. The highest BCUT2D eigenvalue weighted by molar-refractivity contribution is 9.10. The number of hydrogen-bond donors (Lipinski definition) is 2. The second-order valence-corrected chi connectivity index (χ2v) is 5.98. The van der Waals surface area contributed by atoms with Crippen LogP contribution >= 0.6 is 15.9 Å². The van der Waals surface area contributed by atoms with Gasteiger partial charge < -0.3 is 10.5 Å². The van der Waals surface area contributed by atoms with Crippen LogP contribution < -0.4 is 10.5 Å². The van der Waals surface area contributed by atoms with Crippen molar-refractivity contribution >= 4 is 43.3 Å². The normalized spacial score (nSPS) is 11.0. The fourth-order valence-corrected chi connectivity index (χ4v) is 2.78. The number of rotatable bonds is 5. The summed E-state index contributed by atoms with van der Waals surface area (Å²) in [7, 11) is -3.79. The van der Waals surface area contributed by atoms with E-state index >= 15 is 0 Å². The minimum Gasteiger partial charge on any atom is -0.465 e. The standard InChI is InChI=1S/C10H13BrN2O4S/c1-2-17-10(14)6-18(15,16)13-9-4-3-7(12)5-8(9)11/h3-5,13H,2,6,12H2,1H3. The van der Waals surface area contributed by atoms with Gasteiger partial charge in [0.1, 0.15) is 0 Å². The number of ether oxygens (including phenoxy) is 1. The molecule has 0 bridgehead atoms. The predicted octanol–water partition coefficient (Wildman–Crippen LogP) is 1.34. The van der Waals surface area contributed by atoms with Gasteiger partial charge in [0, 0.05) is 10.2 Å². The fourth-order valence-electron chi connectivity index (χ4n) is 1.18. The van der Waals surface area contributed by atoms with Crippen molar-refractivity contribution in [2.45, 2.75) is 6.92 Å². The highest BCUT2D eigenvalue weighted by Crippen LogP contribution is 2.25. The molecule has 0 spiro atoms. The van der Waals surface area contributed by atoms with Crippen molar-refractivity contribution in [2.75, 3.05) is 22.8 Å². The van der Waals surface area contributed by atoms with Gasteiger partial charge in [-0.3, -0.25) is 9.52 Å². The summed E-state index contributed by atoms with van der Waals surface area (Å²) < 4.78 is 30.7. The molecule has 8 heteroatoms. The van der Waals surface area contributed by atoms with Crippen molar-refractivity contribution in [2.24, 2.45) is 0 Å². The van der Waals surface area contributed by atoms with Gasteiger partial charge in [0.2, 0.25) is 10.0 Å². The first kappa shape index (κ1) is 14.8. The maximum atomic E-state index is 11.7. The molecule has 0 amide bonds. The third-order valence-corrected chi connectivity index (χ3v) is 3.67. The van der Waals surface area contributed by atoms with Crippen molar-refractivity contribution in [3.05, 3.63) is 22.7 Å². The van der Waals surface area contributed by atoms with Crippen molar-refractivity contribution in [3.8, 4) is 0 Å². The van der Waals surface area contributed by atoms with Gasteiger partial charge in [0.05, 0.1) is 12.3 Å². The zero-order valence-electron chi connectivity index (χ0n) is 9.64. The van der Waals surface area contributed by atoms with Gasteiger partial charge in [-0.1, -0.05) is 0 Å². The summed E-state index contributed by atoms with van der Waals surface area (Å²) in [6.07, 6.45) is 0. The van der Waals surface area contributed by atoms with E-state index in [0.29, 0.717) is 15.8 Å². The molecular formula is C10H13BrN2O4S. The van der Waals surface area contributed by atoms with E-state index in [2.05, 4.69) is 25.4 Å². The van der Waals surface area contributed by atoms with E-state index in [1.54, 1.807) is 19.1 Å². The van der Waals surface area contributed by atoms with Gasteiger partial charge in [0.15, 0.2) is 5.75 Å². The van der Waals surface area contributed by atoms with E-state index in [9.17, 15) is 13.2 Å². The lowest BCUT2D eigenvalue weighted by Gasteiger charge is -2.09. The topological polar surface area (TPSA) is 98.5 Å². The maximum Gasteiger partial charge on any atom is 0.323 e. The minimum absolute atomic E-state index is 0.139. The van der Waals surface area contributed by atoms with Crippen molar-refractivity contribution < 1.29 is 17.9 Å². The molecule has 0 atom stereocenters. The molecule has 0 aliphatic heterocycles. The first-order chi connectivity index (χ1) is 8.34. The summed E-state index contributed by atoms with van der Waals surface area (Å²) >= 11 is 3.17. The first-order valence-corrected chi connectivity index (χ1v) is 7.49. The average molecular weight is 337 g/mol. The Morgan fingerprint density at radius 3 is 2.72 bits per heavy atom. The summed E-state index contributed by atoms with van der Waals surface area (Å²) in [6, 6.07) is 4.61. The zero-order valence-corrected chi connectivity index (χ0v) is 12.0. The highest BCUT2D eigenvalue weighted by atomic mass is 79.9. The van der Waals surface area contributed by atoms with Crippen LogP contribution in [0.5, 0.6) is 0 Å². The number of anilines is 2. The molecule has 1 aromatic carbocycles.